The second-order valence-electron chi connectivity index (χ2n) is 4.51. The van der Waals surface area contributed by atoms with Gasteiger partial charge < -0.3 is 10.5 Å². The largest absolute Gasteiger partial charge is 0.398 e. The van der Waals surface area contributed by atoms with Crippen LogP contribution >= 0.6 is 11.6 Å². The van der Waals surface area contributed by atoms with Crippen LogP contribution in [0.25, 0.3) is 0 Å². The molecular formula is C13H18ClNO2S. The lowest BCUT2D eigenvalue weighted by molar-refractivity contribution is 0.104. The molecule has 0 amide bonds. The summed E-state index contributed by atoms with van der Waals surface area (Å²) in [6.07, 6.45) is 4.54. The third kappa shape index (κ3) is 3.70. The second-order valence-corrected chi connectivity index (χ2v) is 6.48. The standard InChI is InChI=1S/C13H18ClNO2S/c14-10-5-6-13(12(15)9-10)18(16)8-2-4-11-3-1-7-17-11/h5-6,9,11H,1-4,7-8,15H2. The minimum absolute atomic E-state index is 0.365. The van der Waals surface area contributed by atoms with Gasteiger partial charge in [-0.3, -0.25) is 4.21 Å². The van der Waals surface area contributed by atoms with Gasteiger partial charge in [-0.1, -0.05) is 11.6 Å². The molecule has 18 heavy (non-hydrogen) atoms. The fourth-order valence-corrected chi connectivity index (χ4v) is 3.52. The molecule has 1 saturated heterocycles. The summed E-state index contributed by atoms with van der Waals surface area (Å²) < 4.78 is 17.6. The van der Waals surface area contributed by atoms with Gasteiger partial charge in [0.15, 0.2) is 0 Å². The normalized spacial score (nSPS) is 21.1. The summed E-state index contributed by atoms with van der Waals surface area (Å²) in [5, 5.41) is 0.576. The van der Waals surface area contributed by atoms with E-state index in [0.717, 1.165) is 32.3 Å². The van der Waals surface area contributed by atoms with Crippen LogP contribution in [-0.2, 0) is 15.5 Å². The van der Waals surface area contributed by atoms with Crippen molar-refractivity contribution in [1.29, 1.82) is 0 Å². The molecule has 2 rings (SSSR count). The van der Waals surface area contributed by atoms with Gasteiger partial charge in [0, 0.05) is 23.1 Å². The Balaban J connectivity index is 1.83. The van der Waals surface area contributed by atoms with Crippen LogP contribution in [0, 0.1) is 0 Å². The molecule has 1 fully saturated rings. The van der Waals surface area contributed by atoms with E-state index in [-0.39, 0.29) is 0 Å². The molecular weight excluding hydrogens is 270 g/mol. The molecule has 0 bridgehead atoms. The Morgan fingerprint density at radius 3 is 3.00 bits per heavy atom. The predicted octanol–water partition coefficient (Wildman–Crippen LogP) is 2.99. The number of halogens is 1. The fraction of sp³-hybridized carbons (Fsp3) is 0.538. The maximum Gasteiger partial charge on any atom is 0.0618 e. The molecule has 0 aliphatic carbocycles. The van der Waals surface area contributed by atoms with Crippen LogP contribution in [0.3, 0.4) is 0 Å². The number of hydrogen-bond donors (Lipinski definition) is 1. The van der Waals surface area contributed by atoms with Crippen LogP contribution < -0.4 is 5.73 Å². The molecule has 100 valence electrons. The highest BCUT2D eigenvalue weighted by Gasteiger charge is 2.16. The third-order valence-electron chi connectivity index (χ3n) is 3.10. The minimum atomic E-state index is -1.04. The van der Waals surface area contributed by atoms with Gasteiger partial charge in [0.05, 0.1) is 21.8 Å². The van der Waals surface area contributed by atoms with Gasteiger partial charge in [0.1, 0.15) is 0 Å². The van der Waals surface area contributed by atoms with E-state index in [1.165, 1.54) is 0 Å². The number of benzene rings is 1. The van der Waals surface area contributed by atoms with Gasteiger partial charge >= 0.3 is 0 Å². The number of nitrogen functional groups attached to an aromatic ring is 1. The number of ether oxygens (including phenoxy) is 1. The van der Waals surface area contributed by atoms with Crippen molar-refractivity contribution in [1.82, 2.24) is 0 Å². The van der Waals surface area contributed by atoms with E-state index in [4.69, 9.17) is 22.1 Å². The Kier molecular flexibility index (Phi) is 5.03. The summed E-state index contributed by atoms with van der Waals surface area (Å²) in [4.78, 5) is 0.687. The monoisotopic (exact) mass is 287 g/mol. The topological polar surface area (TPSA) is 52.3 Å². The molecule has 1 aliphatic rings. The Hall–Kier alpha value is -0.580. The van der Waals surface area contributed by atoms with Crippen LogP contribution in [0.5, 0.6) is 0 Å². The van der Waals surface area contributed by atoms with Gasteiger partial charge in [0.2, 0.25) is 0 Å². The molecule has 1 heterocycles. The van der Waals surface area contributed by atoms with Gasteiger partial charge in [-0.15, -0.1) is 0 Å². The van der Waals surface area contributed by atoms with E-state index in [2.05, 4.69) is 0 Å². The van der Waals surface area contributed by atoms with Crippen molar-refractivity contribution in [2.45, 2.75) is 36.7 Å². The molecule has 1 aliphatic heterocycles. The molecule has 2 atom stereocenters. The summed E-state index contributed by atoms with van der Waals surface area (Å²) in [7, 11) is -1.04. The molecule has 3 nitrogen and oxygen atoms in total. The molecule has 1 aromatic rings. The quantitative estimate of drug-likeness (QED) is 0.847. The van der Waals surface area contributed by atoms with Crippen LogP contribution in [0.15, 0.2) is 23.1 Å². The number of nitrogens with two attached hydrogens (primary N) is 1. The number of hydrogen-bond acceptors (Lipinski definition) is 3. The van der Waals surface area contributed by atoms with Crippen molar-refractivity contribution in [3.8, 4) is 0 Å². The molecule has 0 spiro atoms. The van der Waals surface area contributed by atoms with E-state index >= 15 is 0 Å². The van der Waals surface area contributed by atoms with E-state index < -0.39 is 10.8 Å². The zero-order valence-electron chi connectivity index (χ0n) is 10.2. The first-order valence-electron chi connectivity index (χ1n) is 6.22. The maximum absolute atomic E-state index is 12.1. The predicted molar refractivity (Wildman–Crippen MR) is 75.3 cm³/mol. The SMILES string of the molecule is Nc1cc(Cl)ccc1S(=O)CCCC1CCCO1. The van der Waals surface area contributed by atoms with E-state index in [0.29, 0.717) is 27.5 Å². The summed E-state index contributed by atoms with van der Waals surface area (Å²) in [6.45, 7) is 0.873. The van der Waals surface area contributed by atoms with Crippen molar-refractivity contribution >= 4 is 28.1 Å². The van der Waals surface area contributed by atoms with Crippen molar-refractivity contribution in [3.63, 3.8) is 0 Å². The number of anilines is 1. The van der Waals surface area contributed by atoms with Crippen LogP contribution in [0.1, 0.15) is 25.7 Å². The van der Waals surface area contributed by atoms with E-state index in [1.54, 1.807) is 18.2 Å². The van der Waals surface area contributed by atoms with Gasteiger partial charge in [-0.25, -0.2) is 0 Å². The summed E-state index contributed by atoms with van der Waals surface area (Å²) in [5.74, 6) is 0.631. The Bertz CT molecular complexity index is 433. The van der Waals surface area contributed by atoms with Gasteiger partial charge in [0.25, 0.3) is 0 Å². The lowest BCUT2D eigenvalue weighted by atomic mass is 10.1. The zero-order chi connectivity index (χ0) is 13.0. The Morgan fingerprint density at radius 2 is 2.33 bits per heavy atom. The molecule has 0 radical (unpaired) electrons. The van der Waals surface area contributed by atoms with E-state index in [1.807, 2.05) is 0 Å². The van der Waals surface area contributed by atoms with Gasteiger partial charge in [-0.05, 0) is 43.9 Å². The lowest BCUT2D eigenvalue weighted by Crippen LogP contribution is -2.08. The number of rotatable bonds is 5. The lowest BCUT2D eigenvalue weighted by Gasteiger charge is -2.09. The molecule has 2 N–H and O–H groups in total. The summed E-state index contributed by atoms with van der Waals surface area (Å²) in [6, 6.07) is 5.12. The highest BCUT2D eigenvalue weighted by Crippen LogP contribution is 2.23. The van der Waals surface area contributed by atoms with Crippen LogP contribution in [0.4, 0.5) is 5.69 Å². The van der Waals surface area contributed by atoms with Gasteiger partial charge in [-0.2, -0.15) is 0 Å². The molecule has 2 unspecified atom stereocenters. The molecule has 5 heteroatoms. The summed E-state index contributed by atoms with van der Waals surface area (Å²) in [5.41, 5.74) is 6.33. The van der Waals surface area contributed by atoms with E-state index in [9.17, 15) is 4.21 Å². The van der Waals surface area contributed by atoms with Crippen molar-refractivity contribution in [3.05, 3.63) is 23.2 Å². The first-order valence-corrected chi connectivity index (χ1v) is 7.91. The first-order chi connectivity index (χ1) is 8.66. The molecule has 0 aromatic heterocycles. The highest BCUT2D eigenvalue weighted by molar-refractivity contribution is 7.85. The van der Waals surface area contributed by atoms with Crippen molar-refractivity contribution in [2.24, 2.45) is 0 Å². The first kappa shape index (κ1) is 13.8. The third-order valence-corrected chi connectivity index (χ3v) is 4.85. The highest BCUT2D eigenvalue weighted by atomic mass is 35.5. The van der Waals surface area contributed by atoms with Crippen molar-refractivity contribution in [2.75, 3.05) is 18.1 Å². The second kappa shape index (κ2) is 6.55. The fourth-order valence-electron chi connectivity index (χ4n) is 2.15. The maximum atomic E-state index is 12.1. The van der Waals surface area contributed by atoms with Crippen molar-refractivity contribution < 1.29 is 8.95 Å². The molecule has 0 saturated carbocycles. The summed E-state index contributed by atoms with van der Waals surface area (Å²) >= 11 is 5.82. The van der Waals surface area contributed by atoms with Crippen LogP contribution in [0.2, 0.25) is 5.02 Å². The smallest absolute Gasteiger partial charge is 0.0618 e. The molecule has 1 aromatic carbocycles. The average molecular weight is 288 g/mol. The average Bonchev–Trinajstić information content (AvgIpc) is 2.81. The Labute approximate surface area is 115 Å². The minimum Gasteiger partial charge on any atom is -0.398 e. The zero-order valence-corrected chi connectivity index (χ0v) is 11.8. The van der Waals surface area contributed by atoms with Crippen LogP contribution in [-0.4, -0.2) is 22.7 Å². The Morgan fingerprint density at radius 1 is 1.50 bits per heavy atom.